The maximum absolute atomic E-state index is 4.73. The van der Waals surface area contributed by atoms with Gasteiger partial charge in [0.05, 0.1) is 16.9 Å². The number of rotatable bonds is 1. The third-order valence-electron chi connectivity index (χ3n) is 3.03. The number of hydrogen-bond acceptors (Lipinski definition) is 2. The molecule has 1 heterocycles. The molecule has 0 spiro atoms. The fourth-order valence-corrected chi connectivity index (χ4v) is 2.21. The van der Waals surface area contributed by atoms with E-state index in [4.69, 9.17) is 4.98 Å². The van der Waals surface area contributed by atoms with E-state index >= 15 is 0 Å². The van der Waals surface area contributed by atoms with Crippen molar-refractivity contribution in [3.05, 3.63) is 48.5 Å². The van der Waals surface area contributed by atoms with Gasteiger partial charge in [0, 0.05) is 25.0 Å². The predicted octanol–water partition coefficient (Wildman–Crippen LogP) is 3.41. The first-order valence-corrected chi connectivity index (χ1v) is 5.72. The molecule has 0 N–H and O–H groups in total. The van der Waals surface area contributed by atoms with E-state index in [0.29, 0.717) is 0 Å². The second-order valence-electron chi connectivity index (χ2n) is 4.39. The van der Waals surface area contributed by atoms with Crippen molar-refractivity contribution in [2.24, 2.45) is 0 Å². The van der Waals surface area contributed by atoms with E-state index in [1.54, 1.807) is 0 Å². The number of para-hydroxylation sites is 1. The van der Waals surface area contributed by atoms with Gasteiger partial charge in [-0.2, -0.15) is 0 Å². The molecular weight excluding hydrogens is 208 g/mol. The Bertz CT molecular complexity index is 644. The van der Waals surface area contributed by atoms with Gasteiger partial charge in [0.1, 0.15) is 0 Å². The molecule has 17 heavy (non-hydrogen) atoms. The fourth-order valence-electron chi connectivity index (χ4n) is 2.21. The first-order chi connectivity index (χ1) is 8.27. The smallest absolute Gasteiger partial charge is 0.0949 e. The summed E-state index contributed by atoms with van der Waals surface area (Å²) in [7, 11) is 4.10. The van der Waals surface area contributed by atoms with Crippen molar-refractivity contribution in [1.29, 1.82) is 0 Å². The monoisotopic (exact) mass is 222 g/mol. The Labute approximate surface area is 101 Å². The van der Waals surface area contributed by atoms with Crippen LogP contribution >= 0.6 is 0 Å². The number of benzene rings is 1. The van der Waals surface area contributed by atoms with Gasteiger partial charge in [-0.05, 0) is 12.1 Å². The molecular formula is C15H14N2. The second kappa shape index (κ2) is 3.74. The standard InChI is InChI=1S/C15H14N2/c1-17(2)14-10-6-8-12-11-7-4-3-5-9-13(11)16-15(12)14/h3-10H,1-2H3. The summed E-state index contributed by atoms with van der Waals surface area (Å²) in [4.78, 5) is 6.84. The molecule has 2 nitrogen and oxygen atoms in total. The van der Waals surface area contributed by atoms with Crippen LogP contribution in [0.1, 0.15) is 0 Å². The highest BCUT2D eigenvalue weighted by Crippen LogP contribution is 2.34. The highest BCUT2D eigenvalue weighted by Gasteiger charge is 2.13. The molecule has 2 aliphatic rings. The van der Waals surface area contributed by atoms with Crippen LogP contribution in [0.3, 0.4) is 0 Å². The van der Waals surface area contributed by atoms with Gasteiger partial charge in [0.25, 0.3) is 0 Å². The Kier molecular flexibility index (Phi) is 2.22. The topological polar surface area (TPSA) is 16.1 Å². The van der Waals surface area contributed by atoms with Crippen LogP contribution in [0, 0.1) is 0 Å². The predicted molar refractivity (Wildman–Crippen MR) is 72.7 cm³/mol. The Balaban J connectivity index is 2.44. The molecule has 1 aliphatic heterocycles. The lowest BCUT2D eigenvalue weighted by Gasteiger charge is -2.12. The first-order valence-electron chi connectivity index (χ1n) is 5.72. The minimum absolute atomic E-state index is 1.05. The lowest BCUT2D eigenvalue weighted by molar-refractivity contribution is 1.14. The molecule has 1 aromatic carbocycles. The van der Waals surface area contributed by atoms with Gasteiger partial charge in [0.2, 0.25) is 0 Å². The van der Waals surface area contributed by atoms with Gasteiger partial charge in [-0.15, -0.1) is 0 Å². The van der Waals surface area contributed by atoms with Gasteiger partial charge >= 0.3 is 0 Å². The molecule has 1 aliphatic carbocycles. The second-order valence-corrected chi connectivity index (χ2v) is 4.39. The van der Waals surface area contributed by atoms with E-state index in [9.17, 15) is 0 Å². The zero-order valence-corrected chi connectivity index (χ0v) is 10.0. The summed E-state index contributed by atoms with van der Waals surface area (Å²) in [6.45, 7) is 0. The number of fused-ring (bicyclic) bond motifs is 3. The van der Waals surface area contributed by atoms with E-state index in [0.717, 1.165) is 11.2 Å². The number of hydrogen-bond donors (Lipinski definition) is 0. The molecule has 84 valence electrons. The van der Waals surface area contributed by atoms with Crippen LogP contribution in [-0.4, -0.2) is 19.1 Å². The van der Waals surface area contributed by atoms with Crippen molar-refractivity contribution >= 4 is 16.6 Å². The van der Waals surface area contributed by atoms with Crippen molar-refractivity contribution in [3.8, 4) is 11.3 Å². The van der Waals surface area contributed by atoms with Gasteiger partial charge in [-0.3, -0.25) is 0 Å². The lowest BCUT2D eigenvalue weighted by Crippen LogP contribution is -2.08. The van der Waals surface area contributed by atoms with Gasteiger partial charge in [-0.25, -0.2) is 4.98 Å². The molecule has 0 amide bonds. The van der Waals surface area contributed by atoms with Crippen molar-refractivity contribution in [3.63, 3.8) is 0 Å². The van der Waals surface area contributed by atoms with Gasteiger partial charge < -0.3 is 4.90 Å². The molecule has 3 rings (SSSR count). The number of aromatic nitrogens is 1. The molecule has 0 saturated heterocycles. The van der Waals surface area contributed by atoms with Crippen LogP contribution in [0.4, 0.5) is 5.69 Å². The van der Waals surface area contributed by atoms with E-state index in [1.807, 2.05) is 26.2 Å². The Hall–Kier alpha value is -2.09. The van der Waals surface area contributed by atoms with Gasteiger partial charge in [0.15, 0.2) is 0 Å². The normalized spacial score (nSPS) is 10.9. The summed E-state index contributed by atoms with van der Waals surface area (Å²) in [5.41, 5.74) is 4.52. The van der Waals surface area contributed by atoms with Crippen LogP contribution in [0.2, 0.25) is 0 Å². The Morgan fingerprint density at radius 2 is 1.71 bits per heavy atom. The van der Waals surface area contributed by atoms with E-state index in [-0.39, 0.29) is 0 Å². The van der Waals surface area contributed by atoms with E-state index in [2.05, 4.69) is 41.3 Å². The maximum Gasteiger partial charge on any atom is 0.0949 e. The highest BCUT2D eigenvalue weighted by molar-refractivity contribution is 6.03. The Morgan fingerprint density at radius 1 is 0.882 bits per heavy atom. The molecule has 2 heteroatoms. The summed E-state index contributed by atoms with van der Waals surface area (Å²) < 4.78 is 0. The molecule has 1 aromatic rings. The van der Waals surface area contributed by atoms with Crippen molar-refractivity contribution in [2.45, 2.75) is 0 Å². The largest absolute Gasteiger partial charge is 0.376 e. The third-order valence-corrected chi connectivity index (χ3v) is 3.03. The van der Waals surface area contributed by atoms with Crippen molar-refractivity contribution < 1.29 is 0 Å². The zero-order valence-electron chi connectivity index (χ0n) is 10.0. The van der Waals surface area contributed by atoms with Crippen LogP contribution in [0.15, 0.2) is 48.5 Å². The first kappa shape index (κ1) is 10.1. The number of nitrogens with zero attached hydrogens (tertiary/aromatic N) is 2. The Morgan fingerprint density at radius 3 is 2.53 bits per heavy atom. The average molecular weight is 222 g/mol. The molecule has 0 atom stereocenters. The lowest BCUT2D eigenvalue weighted by atomic mass is 10.1. The minimum Gasteiger partial charge on any atom is -0.376 e. The maximum atomic E-state index is 4.73. The zero-order chi connectivity index (χ0) is 11.8. The number of anilines is 1. The van der Waals surface area contributed by atoms with Crippen LogP contribution in [0.25, 0.3) is 22.2 Å². The van der Waals surface area contributed by atoms with Crippen LogP contribution in [-0.2, 0) is 0 Å². The molecule has 0 saturated carbocycles. The quantitative estimate of drug-likeness (QED) is 0.627. The molecule has 0 aromatic heterocycles. The summed E-state index contributed by atoms with van der Waals surface area (Å²) >= 11 is 0. The summed E-state index contributed by atoms with van der Waals surface area (Å²) in [6.07, 6.45) is 0. The van der Waals surface area contributed by atoms with Crippen LogP contribution < -0.4 is 4.90 Å². The molecule has 0 fully saturated rings. The molecule has 0 unspecified atom stereocenters. The average Bonchev–Trinajstić information content (AvgIpc) is 2.52. The van der Waals surface area contributed by atoms with Crippen molar-refractivity contribution in [2.75, 3.05) is 19.0 Å². The summed E-state index contributed by atoms with van der Waals surface area (Å²) in [5, 5.41) is 1.22. The third kappa shape index (κ3) is 1.53. The van der Waals surface area contributed by atoms with Crippen molar-refractivity contribution in [1.82, 2.24) is 4.98 Å². The molecule has 0 radical (unpaired) electrons. The van der Waals surface area contributed by atoms with E-state index < -0.39 is 0 Å². The summed E-state index contributed by atoms with van der Waals surface area (Å²) in [6, 6.07) is 16.6. The highest BCUT2D eigenvalue weighted by atomic mass is 15.1. The van der Waals surface area contributed by atoms with E-state index in [1.165, 1.54) is 16.6 Å². The fraction of sp³-hybridized carbons (Fsp3) is 0.133. The van der Waals surface area contributed by atoms with Gasteiger partial charge in [-0.1, -0.05) is 36.4 Å². The molecule has 0 bridgehead atoms. The SMILES string of the molecule is CN(C)c1cccc2c3cccccc-3nc12. The van der Waals surface area contributed by atoms with Crippen LogP contribution in [0.5, 0.6) is 0 Å². The summed E-state index contributed by atoms with van der Waals surface area (Å²) in [5.74, 6) is 0. The minimum atomic E-state index is 1.05.